The van der Waals surface area contributed by atoms with Crippen LogP contribution in [-0.4, -0.2) is 43.8 Å². The van der Waals surface area contributed by atoms with Crippen LogP contribution in [0, 0.1) is 11.3 Å². The minimum atomic E-state index is -4.74. The largest absolute Gasteiger partial charge is 0.419 e. The fourth-order valence-corrected chi connectivity index (χ4v) is 4.06. The van der Waals surface area contributed by atoms with E-state index in [9.17, 15) is 17.6 Å². The Balaban J connectivity index is 2.01. The van der Waals surface area contributed by atoms with Crippen molar-refractivity contribution in [3.63, 3.8) is 0 Å². The number of nitriles is 1. The van der Waals surface area contributed by atoms with Gasteiger partial charge < -0.3 is 9.80 Å². The monoisotopic (exact) mass is 413 g/mol. The number of likely N-dealkylation sites (tertiary alicyclic amines) is 1. The maximum atomic E-state index is 14.0. The number of halogens is 5. The van der Waals surface area contributed by atoms with Gasteiger partial charge in [-0.05, 0) is 62.7 Å². The Morgan fingerprint density at radius 2 is 2.11 bits per heavy atom. The average Bonchev–Trinajstić information content (AvgIpc) is 3.04. The molecule has 0 N–H and O–H groups in total. The molecule has 3 nitrogen and oxygen atoms in total. The highest BCUT2D eigenvalue weighted by molar-refractivity contribution is 6.32. The summed E-state index contributed by atoms with van der Waals surface area (Å²) in [4.78, 5) is 3.96. The molecular formula is C20H20ClF4N3. The third-order valence-electron chi connectivity index (χ3n) is 5.22. The zero-order valence-electron chi connectivity index (χ0n) is 15.4. The first-order chi connectivity index (χ1) is 13.2. The fourth-order valence-electron chi connectivity index (χ4n) is 3.84. The Bertz CT molecular complexity index is 854. The summed E-state index contributed by atoms with van der Waals surface area (Å²) in [6, 6.07) is 6.80. The smallest absolute Gasteiger partial charge is 0.363 e. The van der Waals surface area contributed by atoms with Gasteiger partial charge in [-0.1, -0.05) is 11.6 Å². The molecule has 8 heteroatoms. The summed E-state index contributed by atoms with van der Waals surface area (Å²) < 4.78 is 54.5. The molecule has 1 saturated heterocycles. The van der Waals surface area contributed by atoms with Gasteiger partial charge in [-0.3, -0.25) is 0 Å². The molecule has 1 aliphatic heterocycles. The summed E-state index contributed by atoms with van der Waals surface area (Å²) in [7, 11) is 1.95. The predicted octanol–water partition coefficient (Wildman–Crippen LogP) is 5.23. The second-order valence-electron chi connectivity index (χ2n) is 7.18. The van der Waals surface area contributed by atoms with Crippen LogP contribution in [0.5, 0.6) is 0 Å². The number of alkyl halides is 3. The van der Waals surface area contributed by atoms with E-state index in [2.05, 4.69) is 4.90 Å². The van der Waals surface area contributed by atoms with Crippen LogP contribution in [-0.2, 0) is 0 Å². The number of likely N-dealkylation sites (N-methyl/N-ethyl adjacent to an activating group) is 1. The van der Waals surface area contributed by atoms with Gasteiger partial charge in [0.15, 0.2) is 0 Å². The highest BCUT2D eigenvalue weighted by atomic mass is 35.5. The molecule has 0 aromatic heterocycles. The van der Waals surface area contributed by atoms with Gasteiger partial charge in [0.05, 0.1) is 16.2 Å². The molecule has 1 aliphatic carbocycles. The van der Waals surface area contributed by atoms with Gasteiger partial charge in [-0.2, -0.15) is 18.4 Å². The molecule has 1 fully saturated rings. The van der Waals surface area contributed by atoms with Gasteiger partial charge in [0.25, 0.3) is 0 Å². The second kappa shape index (κ2) is 8.14. The second-order valence-corrected chi connectivity index (χ2v) is 7.58. The minimum Gasteiger partial charge on any atom is -0.363 e. The van der Waals surface area contributed by atoms with Crippen LogP contribution < -0.4 is 4.90 Å². The predicted molar refractivity (Wildman–Crippen MR) is 101 cm³/mol. The molecular weight excluding hydrogens is 394 g/mol. The van der Waals surface area contributed by atoms with Crippen LogP contribution in [0.4, 0.5) is 23.2 Å². The van der Waals surface area contributed by atoms with Crippen molar-refractivity contribution in [3.8, 4) is 6.07 Å². The molecule has 1 atom stereocenters. The van der Waals surface area contributed by atoms with Gasteiger partial charge in [0, 0.05) is 24.8 Å². The maximum absolute atomic E-state index is 14.0. The molecule has 1 aromatic carbocycles. The van der Waals surface area contributed by atoms with Crippen LogP contribution >= 0.6 is 11.6 Å². The van der Waals surface area contributed by atoms with Crippen molar-refractivity contribution in [2.75, 3.05) is 31.6 Å². The van der Waals surface area contributed by atoms with E-state index in [-0.39, 0.29) is 36.0 Å². The minimum absolute atomic E-state index is 0.0232. The topological polar surface area (TPSA) is 30.3 Å². The van der Waals surface area contributed by atoms with Crippen molar-refractivity contribution >= 4 is 17.3 Å². The number of anilines is 1. The van der Waals surface area contributed by atoms with Gasteiger partial charge in [-0.15, -0.1) is 0 Å². The van der Waals surface area contributed by atoms with Gasteiger partial charge in [-0.25, -0.2) is 4.39 Å². The molecule has 2 aliphatic rings. The zero-order valence-corrected chi connectivity index (χ0v) is 16.1. The molecule has 3 rings (SSSR count). The van der Waals surface area contributed by atoms with E-state index >= 15 is 0 Å². The van der Waals surface area contributed by atoms with E-state index in [1.807, 2.05) is 18.0 Å². The molecule has 0 radical (unpaired) electrons. The molecule has 150 valence electrons. The fraction of sp³-hybridized carbons (Fsp3) is 0.450. The van der Waals surface area contributed by atoms with Crippen molar-refractivity contribution < 1.29 is 17.6 Å². The maximum Gasteiger partial charge on any atom is 0.419 e. The molecule has 0 saturated carbocycles. The van der Waals surface area contributed by atoms with Crippen molar-refractivity contribution in [2.24, 2.45) is 0 Å². The van der Waals surface area contributed by atoms with E-state index in [1.54, 1.807) is 18.2 Å². The van der Waals surface area contributed by atoms with Crippen molar-refractivity contribution in [1.29, 1.82) is 5.26 Å². The Morgan fingerprint density at radius 1 is 1.36 bits per heavy atom. The average molecular weight is 414 g/mol. The van der Waals surface area contributed by atoms with Crippen molar-refractivity contribution in [2.45, 2.75) is 31.5 Å². The summed E-state index contributed by atoms with van der Waals surface area (Å²) in [6.07, 6.45) is -2.56. The molecule has 1 heterocycles. The molecule has 0 amide bonds. The Kier molecular flexibility index (Phi) is 6.01. The number of nitrogens with zero attached hydrogens (tertiary/aromatic N) is 3. The van der Waals surface area contributed by atoms with Crippen molar-refractivity contribution in [3.05, 3.63) is 51.8 Å². The van der Waals surface area contributed by atoms with E-state index in [0.717, 1.165) is 19.0 Å². The van der Waals surface area contributed by atoms with Crippen LogP contribution in [0.15, 0.2) is 41.2 Å². The summed E-state index contributed by atoms with van der Waals surface area (Å²) in [5, 5.41) is 9.32. The number of benzene rings is 1. The molecule has 0 unspecified atom stereocenters. The standard InChI is InChI=1S/C20H20ClF4N3/c1-27-8-7-16(12-27)28(15-6-5-13(10-26)17(21)9-15)11-14-3-2-4-18(22)19(14)20(23,24)25/h4-6,9,16H,2-3,7-8,11-12H2,1H3/t16-/m0/s1. The lowest BCUT2D eigenvalue weighted by atomic mass is 9.94. The zero-order chi connectivity index (χ0) is 20.5. The SMILES string of the molecule is CN1CC[C@H](N(CC2=C(C(F)(F)F)C(F)=CCC2)c2ccc(C#N)c(Cl)c2)C1. The molecule has 0 spiro atoms. The number of rotatable bonds is 4. The first-order valence-corrected chi connectivity index (χ1v) is 9.38. The Hall–Kier alpha value is -2.04. The van der Waals surface area contributed by atoms with E-state index < -0.39 is 17.6 Å². The number of hydrogen-bond acceptors (Lipinski definition) is 3. The highest BCUT2D eigenvalue weighted by Crippen LogP contribution is 2.40. The first kappa shape index (κ1) is 20.7. The lowest BCUT2D eigenvalue weighted by molar-refractivity contribution is -0.0924. The summed E-state index contributed by atoms with van der Waals surface area (Å²) in [6.45, 7) is 1.48. The summed E-state index contributed by atoms with van der Waals surface area (Å²) in [5.41, 5.74) is -0.179. The third kappa shape index (κ3) is 4.34. The molecule has 1 aromatic rings. The Morgan fingerprint density at radius 3 is 2.68 bits per heavy atom. The summed E-state index contributed by atoms with van der Waals surface area (Å²) >= 11 is 6.16. The number of hydrogen-bond donors (Lipinski definition) is 0. The van der Waals surface area contributed by atoms with Gasteiger partial charge >= 0.3 is 6.18 Å². The van der Waals surface area contributed by atoms with E-state index in [4.69, 9.17) is 16.9 Å². The quantitative estimate of drug-likeness (QED) is 0.633. The van der Waals surface area contributed by atoms with Gasteiger partial charge in [0.1, 0.15) is 11.9 Å². The Labute approximate surface area is 166 Å². The van der Waals surface area contributed by atoms with Crippen LogP contribution in [0.1, 0.15) is 24.8 Å². The van der Waals surface area contributed by atoms with Crippen molar-refractivity contribution in [1.82, 2.24) is 4.90 Å². The van der Waals surface area contributed by atoms with Gasteiger partial charge in [0.2, 0.25) is 0 Å². The molecule has 28 heavy (non-hydrogen) atoms. The third-order valence-corrected chi connectivity index (χ3v) is 5.53. The lowest BCUT2D eigenvalue weighted by Crippen LogP contribution is -2.39. The van der Waals surface area contributed by atoms with Crippen LogP contribution in [0.25, 0.3) is 0 Å². The highest BCUT2D eigenvalue weighted by Gasteiger charge is 2.41. The lowest BCUT2D eigenvalue weighted by Gasteiger charge is -2.34. The normalized spacial score (nSPS) is 20.9. The van der Waals surface area contributed by atoms with Crippen LogP contribution in [0.2, 0.25) is 5.02 Å². The number of allylic oxidation sites excluding steroid dienone is 3. The summed E-state index contributed by atoms with van der Waals surface area (Å²) in [5.74, 6) is -1.20. The van der Waals surface area contributed by atoms with E-state index in [0.29, 0.717) is 17.8 Å². The molecule has 0 bridgehead atoms. The van der Waals surface area contributed by atoms with Crippen LogP contribution in [0.3, 0.4) is 0 Å². The van der Waals surface area contributed by atoms with E-state index in [1.165, 1.54) is 0 Å². The first-order valence-electron chi connectivity index (χ1n) is 9.00.